The Hall–Kier alpha value is -2.87. The summed E-state index contributed by atoms with van der Waals surface area (Å²) in [7, 11) is 0. The summed E-state index contributed by atoms with van der Waals surface area (Å²) < 4.78 is 40.9. The number of aliphatic hydroxyl groups is 1. The Morgan fingerprint density at radius 1 is 0.967 bits per heavy atom. The highest BCUT2D eigenvalue weighted by Gasteiger charge is 2.56. The van der Waals surface area contributed by atoms with E-state index in [2.05, 4.69) is 10.6 Å². The summed E-state index contributed by atoms with van der Waals surface area (Å²) in [6.45, 7) is 0. The molecule has 1 fully saturated rings. The second-order valence-corrected chi connectivity index (χ2v) is 7.45. The minimum absolute atomic E-state index is 0.0506. The molecule has 3 N–H and O–H groups in total. The lowest BCUT2D eigenvalue weighted by Crippen LogP contribution is -2.45. The lowest BCUT2D eigenvalue weighted by molar-refractivity contribution is -0.266. The van der Waals surface area contributed by atoms with Gasteiger partial charge in [0.1, 0.15) is 0 Å². The molecular formula is C22H23F3N2O3. The molecule has 8 heteroatoms. The number of benzene rings is 2. The van der Waals surface area contributed by atoms with E-state index in [1.54, 1.807) is 12.1 Å². The first-order chi connectivity index (χ1) is 14.2. The van der Waals surface area contributed by atoms with Gasteiger partial charge in [0.25, 0.3) is 5.91 Å². The summed E-state index contributed by atoms with van der Waals surface area (Å²) in [6.07, 6.45) is -2.51. The fourth-order valence-electron chi connectivity index (χ4n) is 3.63. The van der Waals surface area contributed by atoms with Gasteiger partial charge in [0.05, 0.1) is 17.7 Å². The Morgan fingerprint density at radius 2 is 1.57 bits per heavy atom. The molecule has 0 bridgehead atoms. The number of carbonyl (C=O) groups excluding carboxylic acids is 2. The molecule has 2 amide bonds. The summed E-state index contributed by atoms with van der Waals surface area (Å²) in [6, 6.07) is 12.6. The molecular weight excluding hydrogens is 397 g/mol. The summed E-state index contributed by atoms with van der Waals surface area (Å²) in [5.41, 5.74) is -3.53. The number of para-hydroxylation sites is 1. The van der Waals surface area contributed by atoms with Crippen molar-refractivity contribution >= 4 is 17.5 Å². The Balaban J connectivity index is 1.78. The summed E-state index contributed by atoms with van der Waals surface area (Å²) in [5.74, 6) is -1.45. The molecule has 30 heavy (non-hydrogen) atoms. The molecule has 0 spiro atoms. The highest BCUT2D eigenvalue weighted by molar-refractivity contribution is 6.04. The Kier molecular flexibility index (Phi) is 6.45. The van der Waals surface area contributed by atoms with Gasteiger partial charge in [-0.3, -0.25) is 9.59 Å². The van der Waals surface area contributed by atoms with Gasteiger partial charge in [-0.15, -0.1) is 0 Å². The largest absolute Gasteiger partial charge is 0.421 e. The number of amides is 2. The number of halogens is 3. The Bertz CT molecular complexity index is 896. The molecule has 1 saturated carbocycles. The maximum Gasteiger partial charge on any atom is 0.421 e. The molecule has 160 valence electrons. The third-order valence-corrected chi connectivity index (χ3v) is 5.27. The summed E-state index contributed by atoms with van der Waals surface area (Å²) in [4.78, 5) is 25.0. The van der Waals surface area contributed by atoms with Crippen LogP contribution >= 0.6 is 0 Å². The SMILES string of the molecule is O=C(C[C@@](O)(c1ccccc1)C(F)(F)F)Nc1ccccc1C(=O)NC1CCCC1. The summed E-state index contributed by atoms with van der Waals surface area (Å²) in [5, 5.41) is 15.6. The van der Waals surface area contributed by atoms with E-state index >= 15 is 0 Å². The van der Waals surface area contributed by atoms with Crippen LogP contribution in [0.5, 0.6) is 0 Å². The van der Waals surface area contributed by atoms with Gasteiger partial charge in [-0.2, -0.15) is 13.2 Å². The van der Waals surface area contributed by atoms with Gasteiger partial charge < -0.3 is 15.7 Å². The van der Waals surface area contributed by atoms with Gasteiger partial charge >= 0.3 is 6.18 Å². The van der Waals surface area contributed by atoms with Gasteiger partial charge in [0.15, 0.2) is 5.60 Å². The topological polar surface area (TPSA) is 78.4 Å². The normalized spacial score (nSPS) is 16.7. The van der Waals surface area contributed by atoms with Crippen molar-refractivity contribution in [2.45, 2.75) is 49.9 Å². The molecule has 1 aliphatic rings. The van der Waals surface area contributed by atoms with Crippen LogP contribution < -0.4 is 10.6 Å². The zero-order valence-electron chi connectivity index (χ0n) is 16.2. The lowest BCUT2D eigenvalue weighted by Gasteiger charge is -2.30. The third-order valence-electron chi connectivity index (χ3n) is 5.27. The van der Waals surface area contributed by atoms with Crippen molar-refractivity contribution in [3.05, 3.63) is 65.7 Å². The van der Waals surface area contributed by atoms with Gasteiger partial charge in [0.2, 0.25) is 5.91 Å². The van der Waals surface area contributed by atoms with Crippen molar-refractivity contribution in [3.63, 3.8) is 0 Å². The highest BCUT2D eigenvalue weighted by atomic mass is 19.4. The van der Waals surface area contributed by atoms with Crippen molar-refractivity contribution < 1.29 is 27.9 Å². The zero-order valence-corrected chi connectivity index (χ0v) is 16.2. The lowest BCUT2D eigenvalue weighted by atomic mass is 9.89. The van der Waals surface area contributed by atoms with Gasteiger partial charge in [-0.25, -0.2) is 0 Å². The van der Waals surface area contributed by atoms with Crippen LogP contribution in [0.3, 0.4) is 0 Å². The minimum atomic E-state index is -5.06. The predicted octanol–water partition coefficient (Wildman–Crippen LogP) is 4.14. The Morgan fingerprint density at radius 3 is 2.20 bits per heavy atom. The number of carbonyl (C=O) groups is 2. The molecule has 0 heterocycles. The number of hydrogen-bond acceptors (Lipinski definition) is 3. The molecule has 0 saturated heterocycles. The van der Waals surface area contributed by atoms with E-state index in [0.717, 1.165) is 37.8 Å². The van der Waals surface area contributed by atoms with E-state index in [0.29, 0.717) is 0 Å². The minimum Gasteiger partial charge on any atom is -0.376 e. The van der Waals surface area contributed by atoms with E-state index < -0.39 is 35.6 Å². The summed E-state index contributed by atoms with van der Waals surface area (Å²) >= 11 is 0. The first kappa shape index (κ1) is 21.8. The average Bonchev–Trinajstić information content (AvgIpc) is 3.21. The van der Waals surface area contributed by atoms with Crippen LogP contribution in [0, 0.1) is 0 Å². The Labute approximate surface area is 172 Å². The second kappa shape index (κ2) is 8.87. The third kappa shape index (κ3) is 4.81. The van der Waals surface area contributed by atoms with Crippen molar-refractivity contribution in [1.29, 1.82) is 0 Å². The number of anilines is 1. The number of nitrogens with one attached hydrogen (secondary N) is 2. The number of alkyl halides is 3. The second-order valence-electron chi connectivity index (χ2n) is 7.45. The van der Waals surface area contributed by atoms with Crippen molar-refractivity contribution in [2.75, 3.05) is 5.32 Å². The number of rotatable bonds is 6. The highest BCUT2D eigenvalue weighted by Crippen LogP contribution is 2.41. The smallest absolute Gasteiger partial charge is 0.376 e. The molecule has 3 rings (SSSR count). The van der Waals surface area contributed by atoms with E-state index in [-0.39, 0.29) is 17.3 Å². The predicted molar refractivity (Wildman–Crippen MR) is 106 cm³/mol. The molecule has 0 radical (unpaired) electrons. The zero-order chi connectivity index (χ0) is 21.8. The van der Waals surface area contributed by atoms with Crippen LogP contribution in [0.15, 0.2) is 54.6 Å². The van der Waals surface area contributed by atoms with Crippen LogP contribution in [-0.4, -0.2) is 29.1 Å². The van der Waals surface area contributed by atoms with E-state index in [1.807, 2.05) is 0 Å². The molecule has 2 aromatic rings. The van der Waals surface area contributed by atoms with Crippen molar-refractivity contribution in [2.24, 2.45) is 0 Å². The molecule has 2 aromatic carbocycles. The maximum absolute atomic E-state index is 13.6. The van der Waals surface area contributed by atoms with Crippen molar-refractivity contribution in [3.8, 4) is 0 Å². The molecule has 0 aliphatic heterocycles. The van der Waals surface area contributed by atoms with Crippen LogP contribution in [0.2, 0.25) is 0 Å². The first-order valence-electron chi connectivity index (χ1n) is 9.75. The fourth-order valence-corrected chi connectivity index (χ4v) is 3.63. The van der Waals surface area contributed by atoms with E-state index in [4.69, 9.17) is 0 Å². The van der Waals surface area contributed by atoms with Crippen LogP contribution in [-0.2, 0) is 10.4 Å². The van der Waals surface area contributed by atoms with Crippen LogP contribution in [0.1, 0.15) is 48.0 Å². The van der Waals surface area contributed by atoms with Gasteiger partial charge in [-0.1, -0.05) is 55.3 Å². The quantitative estimate of drug-likeness (QED) is 0.657. The monoisotopic (exact) mass is 420 g/mol. The van der Waals surface area contributed by atoms with E-state index in [1.165, 1.54) is 30.3 Å². The standard InChI is InChI=1S/C22H23F3N2O3/c23-22(24,25)21(30,15-8-2-1-3-9-15)14-19(28)27-18-13-7-6-12-17(18)20(29)26-16-10-4-5-11-16/h1-3,6-9,12-13,16,30H,4-5,10-11,14H2,(H,26,29)(H,27,28)/t21-/m1/s1. The molecule has 1 aliphatic carbocycles. The number of hydrogen-bond donors (Lipinski definition) is 3. The maximum atomic E-state index is 13.6. The molecule has 1 atom stereocenters. The van der Waals surface area contributed by atoms with E-state index in [9.17, 15) is 27.9 Å². The molecule has 0 aromatic heterocycles. The van der Waals surface area contributed by atoms with Crippen molar-refractivity contribution in [1.82, 2.24) is 5.32 Å². The van der Waals surface area contributed by atoms with Gasteiger partial charge in [0, 0.05) is 6.04 Å². The molecule has 0 unspecified atom stereocenters. The average molecular weight is 420 g/mol. The van der Waals surface area contributed by atoms with Crippen LogP contribution in [0.25, 0.3) is 0 Å². The van der Waals surface area contributed by atoms with Crippen LogP contribution in [0.4, 0.5) is 18.9 Å². The molecule has 5 nitrogen and oxygen atoms in total. The first-order valence-corrected chi connectivity index (χ1v) is 9.75. The fraction of sp³-hybridized carbons (Fsp3) is 0.364. The van der Waals surface area contributed by atoms with Gasteiger partial charge in [-0.05, 0) is 30.5 Å².